The van der Waals surface area contributed by atoms with E-state index in [1.165, 1.54) is 0 Å². The molecule has 1 aliphatic heterocycles. The summed E-state index contributed by atoms with van der Waals surface area (Å²) in [4.78, 5) is 28.3. The van der Waals surface area contributed by atoms with Gasteiger partial charge in [-0.3, -0.25) is 0 Å². The van der Waals surface area contributed by atoms with Crippen molar-refractivity contribution in [3.63, 3.8) is 0 Å². The number of nitrogens with one attached hydrogen (secondary N) is 1. The van der Waals surface area contributed by atoms with Crippen LogP contribution in [0.1, 0.15) is 32.4 Å². The summed E-state index contributed by atoms with van der Waals surface area (Å²) >= 11 is 0. The summed E-state index contributed by atoms with van der Waals surface area (Å²) in [6, 6.07) is 5.34. The molecule has 1 aromatic rings. The topological polar surface area (TPSA) is 77.5 Å². The molecule has 0 saturated carbocycles. The zero-order valence-corrected chi connectivity index (χ0v) is 12.3. The molecule has 0 fully saturated rings. The fourth-order valence-electron chi connectivity index (χ4n) is 2.13. The number of carbonyl (C=O) groups is 2. The predicted molar refractivity (Wildman–Crippen MR) is 76.2 cm³/mol. The van der Waals surface area contributed by atoms with Crippen molar-refractivity contribution in [2.45, 2.75) is 40.0 Å². The summed E-state index contributed by atoms with van der Waals surface area (Å²) in [6.07, 6.45) is -0.330. The molecule has 6 heteroatoms. The summed E-state index contributed by atoms with van der Waals surface area (Å²) in [5.74, 6) is -0.602. The van der Waals surface area contributed by atoms with Gasteiger partial charge in [-0.25, -0.2) is 14.6 Å². The normalized spacial score (nSPS) is 16.3. The van der Waals surface area contributed by atoms with Crippen LogP contribution in [0.5, 0.6) is 0 Å². The van der Waals surface area contributed by atoms with Crippen molar-refractivity contribution < 1.29 is 19.1 Å². The number of pyridine rings is 1. The first-order valence-electron chi connectivity index (χ1n) is 6.89. The van der Waals surface area contributed by atoms with Crippen LogP contribution < -0.4 is 5.32 Å². The Morgan fingerprint density at radius 2 is 1.67 bits per heavy atom. The van der Waals surface area contributed by atoms with Crippen LogP contribution in [0.3, 0.4) is 0 Å². The van der Waals surface area contributed by atoms with E-state index in [1.807, 2.05) is 13.0 Å². The number of carbonyl (C=O) groups excluding carboxylic acids is 2. The van der Waals surface area contributed by atoms with Crippen molar-refractivity contribution >= 4 is 17.8 Å². The standard InChI is InChI=1S/C15H18N2O4/c1-4-10-11(5-2)14(19)21-15(20-13(10)18)17-12-8-6-7-9(3)16-12/h6-8,15H,4-5H2,1-3H3,(H,16,17). The van der Waals surface area contributed by atoms with Gasteiger partial charge in [-0.2, -0.15) is 0 Å². The van der Waals surface area contributed by atoms with Crippen LogP contribution in [0.25, 0.3) is 0 Å². The Bertz CT molecular complexity index is 567. The molecule has 0 spiro atoms. The van der Waals surface area contributed by atoms with Crippen LogP contribution in [0.2, 0.25) is 0 Å². The molecule has 1 N–H and O–H groups in total. The second-order valence-electron chi connectivity index (χ2n) is 4.62. The monoisotopic (exact) mass is 290 g/mol. The van der Waals surface area contributed by atoms with E-state index in [2.05, 4.69) is 10.3 Å². The number of cyclic esters (lactones) is 2. The molecular formula is C15H18N2O4. The van der Waals surface area contributed by atoms with Gasteiger partial charge in [-0.15, -0.1) is 0 Å². The molecule has 0 amide bonds. The summed E-state index contributed by atoms with van der Waals surface area (Å²) in [5, 5.41) is 2.79. The molecule has 1 aromatic heterocycles. The zero-order chi connectivity index (χ0) is 15.4. The highest BCUT2D eigenvalue weighted by Crippen LogP contribution is 2.22. The summed E-state index contributed by atoms with van der Waals surface area (Å²) < 4.78 is 10.3. The highest BCUT2D eigenvalue weighted by molar-refractivity contribution is 6.01. The van der Waals surface area contributed by atoms with E-state index in [0.29, 0.717) is 29.8 Å². The van der Waals surface area contributed by atoms with E-state index in [-0.39, 0.29) is 0 Å². The molecule has 2 rings (SSSR count). The lowest BCUT2D eigenvalue weighted by atomic mass is 10.0. The number of hydrogen-bond acceptors (Lipinski definition) is 6. The number of esters is 2. The number of aromatic nitrogens is 1. The van der Waals surface area contributed by atoms with E-state index in [1.54, 1.807) is 26.0 Å². The zero-order valence-electron chi connectivity index (χ0n) is 12.3. The summed E-state index contributed by atoms with van der Waals surface area (Å²) in [6.45, 7) is 5.44. The molecule has 2 heterocycles. The maximum Gasteiger partial charge on any atom is 0.338 e. The Morgan fingerprint density at radius 3 is 2.14 bits per heavy atom. The molecule has 0 aliphatic carbocycles. The number of aryl methyl sites for hydroxylation is 1. The van der Waals surface area contributed by atoms with Gasteiger partial charge in [0.2, 0.25) is 0 Å². The van der Waals surface area contributed by atoms with Crippen molar-refractivity contribution in [1.29, 1.82) is 0 Å². The highest BCUT2D eigenvalue weighted by atomic mass is 16.7. The van der Waals surface area contributed by atoms with E-state index < -0.39 is 18.4 Å². The third-order valence-corrected chi connectivity index (χ3v) is 3.15. The minimum Gasteiger partial charge on any atom is -0.403 e. The van der Waals surface area contributed by atoms with Crippen LogP contribution in [0.15, 0.2) is 29.3 Å². The number of hydrogen-bond donors (Lipinski definition) is 1. The Morgan fingerprint density at radius 1 is 1.10 bits per heavy atom. The van der Waals surface area contributed by atoms with Gasteiger partial charge in [0.1, 0.15) is 5.82 Å². The molecule has 0 unspecified atom stereocenters. The smallest absolute Gasteiger partial charge is 0.338 e. The molecule has 0 bridgehead atoms. The lowest BCUT2D eigenvalue weighted by molar-refractivity contribution is -0.174. The first kappa shape index (κ1) is 15.0. The van der Waals surface area contributed by atoms with Crippen molar-refractivity contribution in [2.24, 2.45) is 0 Å². The van der Waals surface area contributed by atoms with Crippen LogP contribution in [-0.4, -0.2) is 23.3 Å². The molecule has 112 valence electrons. The molecule has 0 saturated heterocycles. The van der Waals surface area contributed by atoms with Crippen LogP contribution in [0, 0.1) is 6.92 Å². The minimum absolute atomic E-state index is 0.365. The van der Waals surface area contributed by atoms with Gasteiger partial charge in [-0.1, -0.05) is 19.9 Å². The highest BCUT2D eigenvalue weighted by Gasteiger charge is 2.30. The Balaban J connectivity index is 2.19. The SMILES string of the molecule is CCC1=C(CC)C(=O)OC(Nc2cccc(C)n2)OC1=O. The second-order valence-corrected chi connectivity index (χ2v) is 4.62. The van der Waals surface area contributed by atoms with Gasteiger partial charge >= 0.3 is 18.4 Å². The number of anilines is 1. The second kappa shape index (κ2) is 6.39. The molecule has 6 nitrogen and oxygen atoms in total. The van der Waals surface area contributed by atoms with E-state index in [0.717, 1.165) is 5.69 Å². The maximum absolute atomic E-state index is 12.1. The van der Waals surface area contributed by atoms with Crippen LogP contribution >= 0.6 is 0 Å². The van der Waals surface area contributed by atoms with E-state index >= 15 is 0 Å². The minimum atomic E-state index is -1.18. The van der Waals surface area contributed by atoms with E-state index in [4.69, 9.17) is 9.47 Å². The Kier molecular flexibility index (Phi) is 4.57. The van der Waals surface area contributed by atoms with Gasteiger partial charge in [0.05, 0.1) is 0 Å². The van der Waals surface area contributed by atoms with Crippen molar-refractivity contribution in [3.8, 4) is 0 Å². The molecule has 0 radical (unpaired) electrons. The molecule has 0 atom stereocenters. The molecule has 0 aromatic carbocycles. The van der Waals surface area contributed by atoms with Crippen LogP contribution in [-0.2, 0) is 19.1 Å². The lowest BCUT2D eigenvalue weighted by Crippen LogP contribution is -2.30. The average molecular weight is 290 g/mol. The van der Waals surface area contributed by atoms with Crippen molar-refractivity contribution in [2.75, 3.05) is 5.32 Å². The van der Waals surface area contributed by atoms with Gasteiger partial charge in [0.25, 0.3) is 0 Å². The quantitative estimate of drug-likeness (QED) is 0.857. The summed E-state index contributed by atoms with van der Waals surface area (Å²) in [7, 11) is 0. The van der Waals surface area contributed by atoms with Crippen LogP contribution in [0.4, 0.5) is 5.82 Å². The van der Waals surface area contributed by atoms with Gasteiger partial charge in [0, 0.05) is 16.8 Å². The maximum atomic E-state index is 12.1. The van der Waals surface area contributed by atoms with Gasteiger partial charge in [-0.05, 0) is 31.9 Å². The fourth-order valence-corrected chi connectivity index (χ4v) is 2.13. The number of rotatable bonds is 4. The lowest BCUT2D eigenvalue weighted by Gasteiger charge is -2.17. The first-order chi connectivity index (χ1) is 10.0. The molecule has 21 heavy (non-hydrogen) atoms. The Hall–Kier alpha value is -2.37. The largest absolute Gasteiger partial charge is 0.403 e. The van der Waals surface area contributed by atoms with E-state index in [9.17, 15) is 9.59 Å². The predicted octanol–water partition coefficient (Wildman–Crippen LogP) is 2.30. The number of nitrogens with zero attached hydrogens (tertiary/aromatic N) is 1. The average Bonchev–Trinajstić information content (AvgIpc) is 2.54. The first-order valence-corrected chi connectivity index (χ1v) is 6.89. The summed E-state index contributed by atoms with van der Waals surface area (Å²) in [5.41, 5.74) is 1.53. The third kappa shape index (κ3) is 3.39. The Labute approximate surface area is 123 Å². The third-order valence-electron chi connectivity index (χ3n) is 3.15. The number of ether oxygens (including phenoxy) is 2. The van der Waals surface area contributed by atoms with Gasteiger partial charge < -0.3 is 14.8 Å². The van der Waals surface area contributed by atoms with Gasteiger partial charge in [0.15, 0.2) is 0 Å². The van der Waals surface area contributed by atoms with Crippen molar-refractivity contribution in [3.05, 3.63) is 35.0 Å². The fraction of sp³-hybridized carbons (Fsp3) is 0.400. The van der Waals surface area contributed by atoms with Crippen molar-refractivity contribution in [1.82, 2.24) is 4.98 Å². The molecular weight excluding hydrogens is 272 g/mol. The molecule has 1 aliphatic rings.